The normalized spacial score (nSPS) is 13.7. The number of oxazole rings is 1. The third kappa shape index (κ3) is 5.53. The van der Waals surface area contributed by atoms with Gasteiger partial charge in [-0.05, 0) is 48.0 Å². The third-order valence-corrected chi connectivity index (χ3v) is 5.36. The van der Waals surface area contributed by atoms with Gasteiger partial charge in [0.05, 0.1) is 7.11 Å². The number of amides is 1. The van der Waals surface area contributed by atoms with E-state index in [1.165, 1.54) is 24.3 Å². The molecule has 2 heterocycles. The molecule has 0 aliphatic carbocycles. The molecule has 1 aliphatic heterocycles. The van der Waals surface area contributed by atoms with Crippen molar-refractivity contribution in [2.45, 2.75) is 0 Å². The summed E-state index contributed by atoms with van der Waals surface area (Å²) in [5, 5.41) is 9.50. The predicted molar refractivity (Wildman–Crippen MR) is 124 cm³/mol. The zero-order valence-electron chi connectivity index (χ0n) is 18.6. The molecule has 174 valence electrons. The van der Waals surface area contributed by atoms with Gasteiger partial charge in [0.15, 0.2) is 6.61 Å². The molecule has 8 nitrogen and oxygen atoms in total. The van der Waals surface area contributed by atoms with Gasteiger partial charge >= 0.3 is 0 Å². The van der Waals surface area contributed by atoms with Gasteiger partial charge in [-0.1, -0.05) is 12.1 Å². The maximum Gasteiger partial charge on any atom is 0.260 e. The van der Waals surface area contributed by atoms with Crippen molar-refractivity contribution in [3.05, 3.63) is 71.5 Å². The Morgan fingerprint density at radius 1 is 1.09 bits per heavy atom. The van der Waals surface area contributed by atoms with Gasteiger partial charge in [0.25, 0.3) is 5.91 Å². The molecule has 9 heteroatoms. The van der Waals surface area contributed by atoms with Gasteiger partial charge in [-0.2, -0.15) is 10.2 Å². The molecule has 0 bridgehead atoms. The quantitative estimate of drug-likeness (QED) is 0.530. The second kappa shape index (κ2) is 10.5. The molecule has 34 heavy (non-hydrogen) atoms. The number of hydrogen-bond acceptors (Lipinski definition) is 7. The van der Waals surface area contributed by atoms with E-state index in [4.69, 9.17) is 13.9 Å². The summed E-state index contributed by atoms with van der Waals surface area (Å²) in [7, 11) is 1.61. The Hall–Kier alpha value is -4.32. The lowest BCUT2D eigenvalue weighted by atomic mass is 10.2. The van der Waals surface area contributed by atoms with Gasteiger partial charge in [0, 0.05) is 32.3 Å². The molecule has 0 spiro atoms. The first-order valence-corrected chi connectivity index (χ1v) is 10.7. The largest absolute Gasteiger partial charge is 0.497 e. The molecule has 1 aliphatic rings. The molecular formula is C25H23FN4O4. The second-order valence-corrected chi connectivity index (χ2v) is 7.53. The predicted octanol–water partition coefficient (Wildman–Crippen LogP) is 3.59. The number of methoxy groups -OCH3 is 1. The van der Waals surface area contributed by atoms with Gasteiger partial charge in [-0.3, -0.25) is 4.79 Å². The van der Waals surface area contributed by atoms with Crippen molar-refractivity contribution in [2.75, 3.05) is 44.8 Å². The van der Waals surface area contributed by atoms with Crippen molar-refractivity contribution >= 4 is 23.9 Å². The van der Waals surface area contributed by atoms with Crippen molar-refractivity contribution in [1.29, 1.82) is 5.26 Å². The minimum atomic E-state index is -0.363. The van der Waals surface area contributed by atoms with Crippen molar-refractivity contribution in [3.63, 3.8) is 0 Å². The van der Waals surface area contributed by atoms with E-state index in [0.717, 1.165) is 11.3 Å². The first-order valence-electron chi connectivity index (χ1n) is 10.7. The highest BCUT2D eigenvalue weighted by molar-refractivity contribution is 5.78. The van der Waals surface area contributed by atoms with E-state index in [1.807, 2.05) is 35.2 Å². The molecule has 1 amide bonds. The lowest BCUT2D eigenvalue weighted by Gasteiger charge is -2.34. The van der Waals surface area contributed by atoms with Gasteiger partial charge < -0.3 is 23.7 Å². The topological polar surface area (TPSA) is 91.8 Å². The highest BCUT2D eigenvalue weighted by Crippen LogP contribution is 2.24. The van der Waals surface area contributed by atoms with Crippen LogP contribution in [0.1, 0.15) is 17.1 Å². The fraction of sp³-hybridized carbons (Fsp3) is 0.240. The molecule has 1 fully saturated rings. The average molecular weight is 462 g/mol. The maximum atomic E-state index is 13.0. The van der Waals surface area contributed by atoms with Crippen LogP contribution in [-0.4, -0.2) is 55.7 Å². The van der Waals surface area contributed by atoms with Crippen molar-refractivity contribution in [1.82, 2.24) is 9.88 Å². The number of ether oxygens (including phenoxy) is 2. The van der Waals surface area contributed by atoms with Crippen LogP contribution in [0.25, 0.3) is 12.2 Å². The molecule has 3 aromatic rings. The van der Waals surface area contributed by atoms with Crippen LogP contribution in [-0.2, 0) is 4.79 Å². The lowest BCUT2D eigenvalue weighted by molar-refractivity contribution is -0.133. The molecule has 0 unspecified atom stereocenters. The Labute approximate surface area is 196 Å². The van der Waals surface area contributed by atoms with E-state index >= 15 is 0 Å². The molecule has 0 atom stereocenters. The molecular weight excluding hydrogens is 439 g/mol. The standard InChI is InChI=1S/C25H23FN4O4/c1-32-20-7-2-18(3-8-20)4-11-23-28-22(16-27)25(34-23)30-14-12-29(13-15-30)24(31)17-33-21-9-5-19(26)6-10-21/h2-11H,12-15,17H2,1H3/b11-4+. The van der Waals surface area contributed by atoms with Crippen LogP contribution < -0.4 is 14.4 Å². The van der Waals surface area contributed by atoms with E-state index in [0.29, 0.717) is 43.7 Å². The van der Waals surface area contributed by atoms with E-state index in [9.17, 15) is 14.4 Å². The Morgan fingerprint density at radius 2 is 1.76 bits per heavy atom. The number of benzene rings is 2. The summed E-state index contributed by atoms with van der Waals surface area (Å²) in [6.45, 7) is 1.77. The highest BCUT2D eigenvalue weighted by atomic mass is 19.1. The third-order valence-electron chi connectivity index (χ3n) is 5.36. The SMILES string of the molecule is COc1ccc(/C=C/c2nc(C#N)c(N3CCN(C(=O)COc4ccc(F)cc4)CC3)o2)cc1. The van der Waals surface area contributed by atoms with Gasteiger partial charge in [0.2, 0.25) is 17.5 Å². The van der Waals surface area contributed by atoms with Crippen LogP contribution >= 0.6 is 0 Å². The molecule has 0 radical (unpaired) electrons. The second-order valence-electron chi connectivity index (χ2n) is 7.53. The van der Waals surface area contributed by atoms with Crippen LogP contribution in [0.2, 0.25) is 0 Å². The molecule has 4 rings (SSSR count). The zero-order valence-corrected chi connectivity index (χ0v) is 18.6. The monoisotopic (exact) mass is 462 g/mol. The van der Waals surface area contributed by atoms with Gasteiger partial charge in [-0.25, -0.2) is 4.39 Å². The summed E-state index contributed by atoms with van der Waals surface area (Å²) in [5.74, 6) is 1.40. The Kier molecular flexibility index (Phi) is 7.08. The summed E-state index contributed by atoms with van der Waals surface area (Å²) in [6.07, 6.45) is 3.55. The van der Waals surface area contributed by atoms with Crippen molar-refractivity contribution < 1.29 is 23.1 Å². The van der Waals surface area contributed by atoms with Crippen LogP contribution in [0.3, 0.4) is 0 Å². The summed E-state index contributed by atoms with van der Waals surface area (Å²) in [5.41, 5.74) is 1.14. The van der Waals surface area contributed by atoms with Crippen LogP contribution in [0.5, 0.6) is 11.5 Å². The number of nitriles is 1. The first kappa shape index (κ1) is 22.9. The average Bonchev–Trinajstić information content (AvgIpc) is 3.31. The Bertz CT molecular complexity index is 1190. The number of piperazine rings is 1. The Morgan fingerprint density at radius 3 is 2.41 bits per heavy atom. The summed E-state index contributed by atoms with van der Waals surface area (Å²) in [6, 6.07) is 15.1. The van der Waals surface area contributed by atoms with Crippen LogP contribution in [0, 0.1) is 17.1 Å². The molecule has 1 aromatic heterocycles. The molecule has 1 saturated heterocycles. The molecule has 0 saturated carbocycles. The number of aromatic nitrogens is 1. The van der Waals surface area contributed by atoms with E-state index in [1.54, 1.807) is 18.1 Å². The van der Waals surface area contributed by atoms with Crippen molar-refractivity contribution in [2.24, 2.45) is 0 Å². The fourth-order valence-electron chi connectivity index (χ4n) is 3.50. The van der Waals surface area contributed by atoms with Crippen molar-refractivity contribution in [3.8, 4) is 17.6 Å². The van der Waals surface area contributed by atoms with Crippen LogP contribution in [0.4, 0.5) is 10.3 Å². The number of carbonyl (C=O) groups excluding carboxylic acids is 1. The maximum absolute atomic E-state index is 13.0. The fourth-order valence-corrected chi connectivity index (χ4v) is 3.50. The lowest BCUT2D eigenvalue weighted by Crippen LogP contribution is -2.50. The summed E-state index contributed by atoms with van der Waals surface area (Å²) in [4.78, 5) is 20.3. The summed E-state index contributed by atoms with van der Waals surface area (Å²) >= 11 is 0. The first-order chi connectivity index (χ1) is 16.6. The van der Waals surface area contributed by atoms with E-state index in [2.05, 4.69) is 11.1 Å². The number of rotatable bonds is 7. The number of carbonyl (C=O) groups is 1. The number of halogens is 1. The minimum Gasteiger partial charge on any atom is -0.497 e. The number of nitrogens with zero attached hydrogens (tertiary/aromatic N) is 4. The summed E-state index contributed by atoms with van der Waals surface area (Å²) < 4.78 is 29.4. The molecule has 0 N–H and O–H groups in total. The van der Waals surface area contributed by atoms with E-state index < -0.39 is 0 Å². The highest BCUT2D eigenvalue weighted by Gasteiger charge is 2.26. The van der Waals surface area contributed by atoms with Gasteiger partial charge in [-0.15, -0.1) is 0 Å². The smallest absolute Gasteiger partial charge is 0.260 e. The van der Waals surface area contributed by atoms with Gasteiger partial charge in [0.1, 0.15) is 23.4 Å². The Balaban J connectivity index is 1.33. The minimum absolute atomic E-state index is 0.127. The number of hydrogen-bond donors (Lipinski definition) is 0. The zero-order chi connectivity index (χ0) is 23.9. The van der Waals surface area contributed by atoms with E-state index in [-0.39, 0.29) is 24.0 Å². The number of anilines is 1. The van der Waals surface area contributed by atoms with Crippen LogP contribution in [0.15, 0.2) is 52.9 Å². The molecule has 2 aromatic carbocycles.